The third-order valence-corrected chi connectivity index (χ3v) is 2.66. The van der Waals surface area contributed by atoms with Crippen LogP contribution in [0.15, 0.2) is 42.5 Å². The quantitative estimate of drug-likeness (QED) is 0.706. The summed E-state index contributed by atoms with van der Waals surface area (Å²) in [5, 5.41) is 2.80. The van der Waals surface area contributed by atoms with E-state index in [1.165, 1.54) is 0 Å². The van der Waals surface area contributed by atoms with E-state index in [-0.39, 0.29) is 5.91 Å². The molecule has 1 amide bonds. The molecule has 0 aliphatic rings. The lowest BCUT2D eigenvalue weighted by Gasteiger charge is -2.07. The zero-order valence-corrected chi connectivity index (χ0v) is 10.1. The highest BCUT2D eigenvalue weighted by Crippen LogP contribution is 2.17. The van der Waals surface area contributed by atoms with Gasteiger partial charge in [0, 0.05) is 11.3 Å². The lowest BCUT2D eigenvalue weighted by molar-refractivity contribution is 0.102. The molecule has 0 aliphatic carbocycles. The van der Waals surface area contributed by atoms with Crippen molar-refractivity contribution in [1.82, 2.24) is 0 Å². The predicted octanol–water partition coefficient (Wildman–Crippen LogP) is 2.41. The molecule has 0 spiro atoms. The third-order valence-electron chi connectivity index (χ3n) is 2.66. The van der Waals surface area contributed by atoms with Crippen molar-refractivity contribution in [3.8, 4) is 0 Å². The molecule has 2 aromatic rings. The van der Waals surface area contributed by atoms with E-state index in [9.17, 15) is 4.79 Å². The lowest BCUT2D eigenvalue weighted by atomic mass is 10.1. The van der Waals surface area contributed by atoms with Crippen molar-refractivity contribution in [2.24, 2.45) is 0 Å². The number of nitrogens with one attached hydrogen (secondary N) is 1. The molecule has 0 unspecified atom stereocenters. The Hall–Kier alpha value is -2.49. The largest absolute Gasteiger partial charge is 0.397 e. The summed E-state index contributed by atoms with van der Waals surface area (Å²) < 4.78 is 0. The van der Waals surface area contributed by atoms with Gasteiger partial charge < -0.3 is 16.8 Å². The Morgan fingerprint density at radius 1 is 1.00 bits per heavy atom. The highest BCUT2D eigenvalue weighted by Gasteiger charge is 2.07. The molecule has 2 aromatic carbocycles. The number of hydrogen-bond acceptors (Lipinski definition) is 3. The standard InChI is InChI=1S/C14H15N3O/c1-9-2-5-11(6-3-9)17-14(18)10-4-7-12(15)13(16)8-10/h2-8H,15-16H2,1H3,(H,17,18). The smallest absolute Gasteiger partial charge is 0.255 e. The van der Waals surface area contributed by atoms with Crippen molar-refractivity contribution in [2.75, 3.05) is 16.8 Å². The molecular weight excluding hydrogens is 226 g/mol. The van der Waals surface area contributed by atoms with Crippen LogP contribution in [0.1, 0.15) is 15.9 Å². The van der Waals surface area contributed by atoms with Gasteiger partial charge in [0.15, 0.2) is 0 Å². The van der Waals surface area contributed by atoms with Crippen LogP contribution in [0.5, 0.6) is 0 Å². The van der Waals surface area contributed by atoms with Gasteiger partial charge in [-0.1, -0.05) is 17.7 Å². The van der Waals surface area contributed by atoms with Crippen LogP contribution in [0.4, 0.5) is 17.1 Å². The van der Waals surface area contributed by atoms with E-state index < -0.39 is 0 Å². The van der Waals surface area contributed by atoms with Crippen LogP contribution >= 0.6 is 0 Å². The second-order valence-electron chi connectivity index (χ2n) is 4.16. The van der Waals surface area contributed by atoms with Crippen molar-refractivity contribution < 1.29 is 4.79 Å². The zero-order valence-electron chi connectivity index (χ0n) is 10.1. The van der Waals surface area contributed by atoms with E-state index in [0.717, 1.165) is 11.3 Å². The SMILES string of the molecule is Cc1ccc(NC(=O)c2ccc(N)c(N)c2)cc1. The molecule has 18 heavy (non-hydrogen) atoms. The maximum absolute atomic E-state index is 12.0. The van der Waals surface area contributed by atoms with Crippen LogP contribution < -0.4 is 16.8 Å². The third kappa shape index (κ3) is 2.60. The monoisotopic (exact) mass is 241 g/mol. The van der Waals surface area contributed by atoms with Crippen molar-refractivity contribution in [3.63, 3.8) is 0 Å². The summed E-state index contributed by atoms with van der Waals surface area (Å²) in [6, 6.07) is 12.4. The van der Waals surface area contributed by atoms with Gasteiger partial charge in [-0.3, -0.25) is 4.79 Å². The summed E-state index contributed by atoms with van der Waals surface area (Å²) in [6.07, 6.45) is 0. The van der Waals surface area contributed by atoms with E-state index in [4.69, 9.17) is 11.5 Å². The Morgan fingerprint density at radius 3 is 2.28 bits per heavy atom. The van der Waals surface area contributed by atoms with Crippen LogP contribution in [-0.2, 0) is 0 Å². The number of amides is 1. The van der Waals surface area contributed by atoms with E-state index >= 15 is 0 Å². The lowest BCUT2D eigenvalue weighted by Crippen LogP contribution is -2.12. The first-order valence-corrected chi connectivity index (χ1v) is 5.59. The summed E-state index contributed by atoms with van der Waals surface area (Å²) in [5.41, 5.74) is 14.5. The summed E-state index contributed by atoms with van der Waals surface area (Å²) in [7, 11) is 0. The minimum Gasteiger partial charge on any atom is -0.397 e. The summed E-state index contributed by atoms with van der Waals surface area (Å²) in [4.78, 5) is 12.0. The van der Waals surface area contributed by atoms with Crippen LogP contribution in [0.2, 0.25) is 0 Å². The Bertz CT molecular complexity index is 576. The zero-order chi connectivity index (χ0) is 13.1. The van der Waals surface area contributed by atoms with E-state index in [1.54, 1.807) is 18.2 Å². The van der Waals surface area contributed by atoms with Gasteiger partial charge in [0.2, 0.25) is 0 Å². The average molecular weight is 241 g/mol. The predicted molar refractivity (Wildman–Crippen MR) is 74.4 cm³/mol. The number of nitrogens with two attached hydrogens (primary N) is 2. The first kappa shape index (κ1) is 12.0. The fourth-order valence-corrected chi connectivity index (χ4v) is 1.56. The number of anilines is 3. The summed E-state index contributed by atoms with van der Waals surface area (Å²) in [6.45, 7) is 1.99. The Morgan fingerprint density at radius 2 is 1.67 bits per heavy atom. The molecule has 0 heterocycles. The summed E-state index contributed by atoms with van der Waals surface area (Å²) in [5.74, 6) is -0.203. The van der Waals surface area contributed by atoms with Gasteiger partial charge in [0.25, 0.3) is 5.91 Å². The molecule has 0 radical (unpaired) electrons. The number of aryl methyl sites for hydroxylation is 1. The molecule has 0 fully saturated rings. The molecule has 0 bridgehead atoms. The molecule has 0 aliphatic heterocycles. The van der Waals surface area contributed by atoms with Gasteiger partial charge in [0.05, 0.1) is 11.4 Å². The Balaban J connectivity index is 2.16. The molecule has 0 aromatic heterocycles. The molecule has 0 saturated carbocycles. The van der Waals surface area contributed by atoms with Crippen molar-refractivity contribution in [2.45, 2.75) is 6.92 Å². The fourth-order valence-electron chi connectivity index (χ4n) is 1.56. The molecule has 0 saturated heterocycles. The highest BCUT2D eigenvalue weighted by atomic mass is 16.1. The number of rotatable bonds is 2. The fraction of sp³-hybridized carbons (Fsp3) is 0.0714. The molecule has 4 nitrogen and oxygen atoms in total. The summed E-state index contributed by atoms with van der Waals surface area (Å²) >= 11 is 0. The highest BCUT2D eigenvalue weighted by molar-refractivity contribution is 6.05. The minimum atomic E-state index is -0.203. The van der Waals surface area contributed by atoms with Crippen LogP contribution in [0, 0.1) is 6.92 Å². The second-order valence-corrected chi connectivity index (χ2v) is 4.16. The maximum atomic E-state index is 12.0. The number of hydrogen-bond donors (Lipinski definition) is 3. The number of nitrogen functional groups attached to an aromatic ring is 2. The van der Waals surface area contributed by atoms with E-state index in [1.807, 2.05) is 31.2 Å². The average Bonchev–Trinajstić information content (AvgIpc) is 2.35. The van der Waals surface area contributed by atoms with E-state index in [0.29, 0.717) is 16.9 Å². The minimum absolute atomic E-state index is 0.203. The van der Waals surface area contributed by atoms with Gasteiger partial charge >= 0.3 is 0 Å². The van der Waals surface area contributed by atoms with Gasteiger partial charge in [-0.2, -0.15) is 0 Å². The van der Waals surface area contributed by atoms with Crippen molar-refractivity contribution in [3.05, 3.63) is 53.6 Å². The van der Waals surface area contributed by atoms with Gasteiger partial charge in [-0.25, -0.2) is 0 Å². The van der Waals surface area contributed by atoms with E-state index in [2.05, 4.69) is 5.32 Å². The molecule has 4 heteroatoms. The first-order chi connectivity index (χ1) is 8.56. The van der Waals surface area contributed by atoms with Crippen LogP contribution in [0.25, 0.3) is 0 Å². The molecule has 2 rings (SSSR count). The molecular formula is C14H15N3O. The normalized spacial score (nSPS) is 10.1. The van der Waals surface area contributed by atoms with Gasteiger partial charge in [0.1, 0.15) is 0 Å². The van der Waals surface area contributed by atoms with Crippen LogP contribution in [0.3, 0.4) is 0 Å². The maximum Gasteiger partial charge on any atom is 0.255 e. The van der Waals surface area contributed by atoms with Crippen molar-refractivity contribution in [1.29, 1.82) is 0 Å². The van der Waals surface area contributed by atoms with Crippen LogP contribution in [-0.4, -0.2) is 5.91 Å². The molecule has 92 valence electrons. The first-order valence-electron chi connectivity index (χ1n) is 5.59. The van der Waals surface area contributed by atoms with Gasteiger partial charge in [-0.15, -0.1) is 0 Å². The topological polar surface area (TPSA) is 81.1 Å². The Kier molecular flexibility index (Phi) is 3.19. The molecule has 5 N–H and O–H groups in total. The second kappa shape index (κ2) is 4.79. The van der Waals surface area contributed by atoms with Crippen molar-refractivity contribution >= 4 is 23.0 Å². The Labute approximate surface area is 106 Å². The number of benzene rings is 2. The number of carbonyl (C=O) groups is 1. The molecule has 0 atom stereocenters. The number of carbonyl (C=O) groups excluding carboxylic acids is 1. The van der Waals surface area contributed by atoms with Gasteiger partial charge in [-0.05, 0) is 37.3 Å².